The summed E-state index contributed by atoms with van der Waals surface area (Å²) in [5, 5.41) is 0. The van der Waals surface area contributed by atoms with Gasteiger partial charge in [0.1, 0.15) is 0 Å². The highest BCUT2D eigenvalue weighted by atomic mass is 16.1. The summed E-state index contributed by atoms with van der Waals surface area (Å²) in [5.74, 6) is 2.64. The van der Waals surface area contributed by atoms with Crippen LogP contribution in [0.5, 0.6) is 0 Å². The van der Waals surface area contributed by atoms with E-state index in [0.29, 0.717) is 12.8 Å². The summed E-state index contributed by atoms with van der Waals surface area (Å²) >= 11 is 0. The van der Waals surface area contributed by atoms with Gasteiger partial charge in [-0.15, -0.1) is 12.3 Å². The topological polar surface area (TPSA) is 17.1 Å². The first-order chi connectivity index (χ1) is 5.26. The molecule has 0 aliphatic heterocycles. The fourth-order valence-electron chi connectivity index (χ4n) is 0.909. The van der Waals surface area contributed by atoms with E-state index in [9.17, 15) is 4.79 Å². The summed E-state index contributed by atoms with van der Waals surface area (Å²) in [7, 11) is 0. The number of allylic oxidation sites excluding steroid dienone is 2. The Labute approximate surface area is 68.5 Å². The average molecular weight is 150 g/mol. The maximum atomic E-state index is 11.2. The third-order valence-electron chi connectivity index (χ3n) is 1.58. The van der Waals surface area contributed by atoms with E-state index in [2.05, 4.69) is 5.92 Å². The van der Waals surface area contributed by atoms with Crippen molar-refractivity contribution in [3.8, 4) is 12.3 Å². The van der Waals surface area contributed by atoms with E-state index >= 15 is 0 Å². The molecule has 0 aliphatic rings. The van der Waals surface area contributed by atoms with Gasteiger partial charge in [-0.1, -0.05) is 13.0 Å². The molecule has 0 saturated heterocycles. The number of terminal acetylenes is 1. The number of Topliss-reactive ketones (excluding diaryl/α,β-unsaturated/α-hetero) is 1. The van der Waals surface area contributed by atoms with Crippen molar-refractivity contribution in [1.82, 2.24) is 0 Å². The van der Waals surface area contributed by atoms with Crippen LogP contribution in [0.3, 0.4) is 0 Å². The molecule has 0 radical (unpaired) electrons. The normalized spacial score (nSPS) is 10.8. The van der Waals surface area contributed by atoms with Gasteiger partial charge in [-0.2, -0.15) is 0 Å². The molecule has 0 saturated carbocycles. The fraction of sp³-hybridized carbons (Fsp3) is 0.500. The molecule has 0 heterocycles. The van der Waals surface area contributed by atoms with E-state index in [1.54, 1.807) is 0 Å². The zero-order chi connectivity index (χ0) is 8.69. The van der Waals surface area contributed by atoms with Gasteiger partial charge < -0.3 is 0 Å². The van der Waals surface area contributed by atoms with Crippen molar-refractivity contribution in [3.63, 3.8) is 0 Å². The maximum absolute atomic E-state index is 11.2. The molecule has 0 fully saturated rings. The van der Waals surface area contributed by atoms with Gasteiger partial charge >= 0.3 is 0 Å². The quantitative estimate of drug-likeness (QED) is 0.444. The van der Waals surface area contributed by atoms with Crippen LogP contribution in [-0.2, 0) is 4.79 Å². The van der Waals surface area contributed by atoms with Crippen molar-refractivity contribution in [1.29, 1.82) is 0 Å². The second-order valence-corrected chi connectivity index (χ2v) is 2.29. The van der Waals surface area contributed by atoms with Crippen molar-refractivity contribution in [2.45, 2.75) is 33.1 Å². The minimum atomic E-state index is 0.188. The third kappa shape index (κ3) is 3.62. The SMILES string of the molecule is C#CCCC(=O)C(=CC)CC. The molecule has 0 bridgehead atoms. The number of hydrogen-bond donors (Lipinski definition) is 0. The molecule has 0 N–H and O–H groups in total. The van der Waals surface area contributed by atoms with Gasteiger partial charge in [-0.05, 0) is 18.9 Å². The van der Waals surface area contributed by atoms with Crippen LogP contribution in [0.4, 0.5) is 0 Å². The first-order valence-corrected chi connectivity index (χ1v) is 3.88. The minimum absolute atomic E-state index is 0.188. The molecule has 0 spiro atoms. The Morgan fingerprint density at radius 3 is 2.64 bits per heavy atom. The predicted octanol–water partition coefficient (Wildman–Crippen LogP) is 2.33. The molecule has 1 heteroatoms. The standard InChI is InChI=1S/C10H14O/c1-4-7-8-10(11)9(5-2)6-3/h1,5H,6-8H2,2-3H3. The second kappa shape index (κ2) is 5.73. The Hall–Kier alpha value is -1.03. The van der Waals surface area contributed by atoms with Crippen LogP contribution in [0.25, 0.3) is 0 Å². The highest BCUT2D eigenvalue weighted by molar-refractivity contribution is 5.95. The lowest BCUT2D eigenvalue weighted by atomic mass is 10.1. The zero-order valence-corrected chi connectivity index (χ0v) is 7.18. The van der Waals surface area contributed by atoms with E-state index in [0.717, 1.165) is 12.0 Å². The molecule has 0 aliphatic carbocycles. The molecular formula is C10H14O. The molecule has 60 valence electrons. The number of hydrogen-bond acceptors (Lipinski definition) is 1. The lowest BCUT2D eigenvalue weighted by molar-refractivity contribution is -0.115. The summed E-state index contributed by atoms with van der Waals surface area (Å²) in [6.07, 6.45) is 8.75. The van der Waals surface area contributed by atoms with Gasteiger partial charge in [0.05, 0.1) is 0 Å². The molecule has 0 atom stereocenters. The van der Waals surface area contributed by atoms with Crippen LogP contribution < -0.4 is 0 Å². The van der Waals surface area contributed by atoms with Gasteiger partial charge in [0, 0.05) is 12.8 Å². The summed E-state index contributed by atoms with van der Waals surface area (Å²) in [5.41, 5.74) is 0.889. The van der Waals surface area contributed by atoms with E-state index in [-0.39, 0.29) is 5.78 Å². The van der Waals surface area contributed by atoms with Gasteiger partial charge in [0.25, 0.3) is 0 Å². The Morgan fingerprint density at radius 1 is 1.64 bits per heavy atom. The van der Waals surface area contributed by atoms with E-state index in [1.807, 2.05) is 19.9 Å². The van der Waals surface area contributed by atoms with Gasteiger partial charge in [-0.25, -0.2) is 0 Å². The van der Waals surface area contributed by atoms with Crippen LogP contribution in [0.2, 0.25) is 0 Å². The molecule has 0 aromatic rings. The third-order valence-corrected chi connectivity index (χ3v) is 1.58. The Bertz CT molecular complexity index is 193. The van der Waals surface area contributed by atoms with E-state index in [4.69, 9.17) is 6.42 Å². The van der Waals surface area contributed by atoms with E-state index in [1.165, 1.54) is 0 Å². The monoisotopic (exact) mass is 150 g/mol. The maximum Gasteiger partial charge on any atom is 0.159 e. The first-order valence-electron chi connectivity index (χ1n) is 3.88. The predicted molar refractivity (Wildman–Crippen MR) is 47.1 cm³/mol. The van der Waals surface area contributed by atoms with Crippen molar-refractivity contribution in [2.75, 3.05) is 0 Å². The molecule has 1 nitrogen and oxygen atoms in total. The highest BCUT2D eigenvalue weighted by Crippen LogP contribution is 2.05. The molecule has 0 aromatic heterocycles. The smallest absolute Gasteiger partial charge is 0.159 e. The molecule has 0 amide bonds. The van der Waals surface area contributed by atoms with Gasteiger partial charge in [-0.3, -0.25) is 4.79 Å². The fourth-order valence-corrected chi connectivity index (χ4v) is 0.909. The lowest BCUT2D eigenvalue weighted by Crippen LogP contribution is -2.00. The molecule has 0 aromatic carbocycles. The first kappa shape index (κ1) is 9.97. The number of carbonyl (C=O) groups is 1. The summed E-state index contributed by atoms with van der Waals surface area (Å²) < 4.78 is 0. The summed E-state index contributed by atoms with van der Waals surface area (Å²) in [4.78, 5) is 11.2. The van der Waals surface area contributed by atoms with Crippen LogP contribution >= 0.6 is 0 Å². The summed E-state index contributed by atoms with van der Waals surface area (Å²) in [6.45, 7) is 3.86. The van der Waals surface area contributed by atoms with Crippen molar-refractivity contribution >= 4 is 5.78 Å². The molecule has 0 rings (SSSR count). The molecule has 0 unspecified atom stereocenters. The molecule has 11 heavy (non-hydrogen) atoms. The second-order valence-electron chi connectivity index (χ2n) is 2.29. The van der Waals surface area contributed by atoms with Crippen molar-refractivity contribution in [3.05, 3.63) is 11.6 Å². The number of ketones is 1. The van der Waals surface area contributed by atoms with Crippen molar-refractivity contribution in [2.24, 2.45) is 0 Å². The highest BCUT2D eigenvalue weighted by Gasteiger charge is 2.03. The summed E-state index contributed by atoms with van der Waals surface area (Å²) in [6, 6.07) is 0. The number of carbonyl (C=O) groups excluding carboxylic acids is 1. The largest absolute Gasteiger partial charge is 0.295 e. The van der Waals surface area contributed by atoms with Crippen LogP contribution in [-0.4, -0.2) is 5.78 Å². The van der Waals surface area contributed by atoms with Crippen LogP contribution in [0.1, 0.15) is 33.1 Å². The lowest BCUT2D eigenvalue weighted by Gasteiger charge is -1.99. The Morgan fingerprint density at radius 2 is 2.27 bits per heavy atom. The molecular weight excluding hydrogens is 136 g/mol. The minimum Gasteiger partial charge on any atom is -0.295 e. The Balaban J connectivity index is 3.93. The average Bonchev–Trinajstić information content (AvgIpc) is 2.03. The van der Waals surface area contributed by atoms with Gasteiger partial charge in [0.2, 0.25) is 0 Å². The van der Waals surface area contributed by atoms with Crippen molar-refractivity contribution < 1.29 is 4.79 Å². The zero-order valence-electron chi connectivity index (χ0n) is 7.18. The van der Waals surface area contributed by atoms with Gasteiger partial charge in [0.15, 0.2) is 5.78 Å². The van der Waals surface area contributed by atoms with E-state index < -0.39 is 0 Å². The van der Waals surface area contributed by atoms with Crippen LogP contribution in [0, 0.1) is 12.3 Å². The number of rotatable bonds is 4. The Kier molecular flexibility index (Phi) is 5.20. The van der Waals surface area contributed by atoms with Crippen LogP contribution in [0.15, 0.2) is 11.6 Å².